The van der Waals surface area contributed by atoms with Gasteiger partial charge in [0.05, 0.1) is 11.1 Å². The van der Waals surface area contributed by atoms with Crippen LogP contribution in [0.15, 0.2) is 53.9 Å². The van der Waals surface area contributed by atoms with Gasteiger partial charge in [0, 0.05) is 10.0 Å². The van der Waals surface area contributed by atoms with Gasteiger partial charge in [-0.2, -0.15) is 0 Å². The maximum Gasteiger partial charge on any atom is 0.255 e. The molecule has 0 spiro atoms. The van der Waals surface area contributed by atoms with Crippen LogP contribution in [0, 0.1) is 0 Å². The minimum Gasteiger partial charge on any atom is -0.280 e. The van der Waals surface area contributed by atoms with Crippen molar-refractivity contribution in [2.75, 3.05) is 4.72 Å². The Labute approximate surface area is 127 Å². The SMILES string of the molecule is O=S(=O)(C=Cc1ccccc1)Nc1cc(Cl)cc(Cl)c1. The number of halogens is 2. The van der Waals surface area contributed by atoms with E-state index in [4.69, 9.17) is 23.2 Å². The Kier molecular flexibility index (Phi) is 4.70. The average molecular weight is 328 g/mol. The first-order valence-electron chi connectivity index (χ1n) is 5.67. The van der Waals surface area contributed by atoms with Gasteiger partial charge in [0.1, 0.15) is 0 Å². The van der Waals surface area contributed by atoms with Crippen molar-refractivity contribution in [1.82, 2.24) is 0 Å². The topological polar surface area (TPSA) is 46.2 Å². The van der Waals surface area contributed by atoms with Gasteiger partial charge in [-0.15, -0.1) is 0 Å². The van der Waals surface area contributed by atoms with Crippen molar-refractivity contribution in [2.45, 2.75) is 0 Å². The third-order valence-electron chi connectivity index (χ3n) is 2.36. The molecule has 0 atom stereocenters. The van der Waals surface area contributed by atoms with Gasteiger partial charge in [0.2, 0.25) is 0 Å². The Morgan fingerprint density at radius 3 is 2.15 bits per heavy atom. The maximum absolute atomic E-state index is 11.9. The van der Waals surface area contributed by atoms with Gasteiger partial charge in [0.25, 0.3) is 10.0 Å². The summed E-state index contributed by atoms with van der Waals surface area (Å²) in [4.78, 5) is 0. The second-order valence-electron chi connectivity index (χ2n) is 4.02. The Hall–Kier alpha value is -1.49. The highest BCUT2D eigenvalue weighted by Crippen LogP contribution is 2.23. The lowest BCUT2D eigenvalue weighted by Gasteiger charge is -2.05. The van der Waals surface area contributed by atoms with Crippen molar-refractivity contribution in [1.29, 1.82) is 0 Å². The summed E-state index contributed by atoms with van der Waals surface area (Å²) in [5.74, 6) is 0. The van der Waals surface area contributed by atoms with E-state index < -0.39 is 10.0 Å². The first kappa shape index (κ1) is 14.9. The molecule has 2 aromatic carbocycles. The normalized spacial score (nSPS) is 11.7. The van der Waals surface area contributed by atoms with E-state index in [0.717, 1.165) is 11.0 Å². The first-order valence-corrected chi connectivity index (χ1v) is 7.97. The Morgan fingerprint density at radius 2 is 1.55 bits per heavy atom. The zero-order valence-electron chi connectivity index (χ0n) is 10.3. The minimum atomic E-state index is -3.61. The zero-order valence-corrected chi connectivity index (χ0v) is 12.6. The van der Waals surface area contributed by atoms with E-state index in [9.17, 15) is 8.42 Å². The van der Waals surface area contributed by atoms with E-state index in [2.05, 4.69) is 4.72 Å². The molecule has 104 valence electrons. The van der Waals surface area contributed by atoms with E-state index in [1.54, 1.807) is 0 Å². The van der Waals surface area contributed by atoms with Gasteiger partial charge in [0.15, 0.2) is 0 Å². The fourth-order valence-electron chi connectivity index (χ4n) is 1.54. The Bertz CT molecular complexity index is 708. The summed E-state index contributed by atoms with van der Waals surface area (Å²) < 4.78 is 26.2. The summed E-state index contributed by atoms with van der Waals surface area (Å²) in [6.07, 6.45) is 1.51. The van der Waals surface area contributed by atoms with Crippen molar-refractivity contribution in [3.63, 3.8) is 0 Å². The molecular formula is C14H11Cl2NO2S. The molecule has 0 aromatic heterocycles. The lowest BCUT2D eigenvalue weighted by molar-refractivity contribution is 0.609. The molecule has 0 heterocycles. The highest BCUT2D eigenvalue weighted by atomic mass is 35.5. The van der Waals surface area contributed by atoms with Crippen LogP contribution in [0.1, 0.15) is 5.56 Å². The number of rotatable bonds is 4. The van der Waals surface area contributed by atoms with Crippen LogP contribution in [0.3, 0.4) is 0 Å². The second-order valence-corrected chi connectivity index (χ2v) is 6.46. The van der Waals surface area contributed by atoms with Gasteiger partial charge in [-0.25, -0.2) is 8.42 Å². The highest BCUT2D eigenvalue weighted by molar-refractivity contribution is 7.95. The molecule has 0 saturated heterocycles. The summed E-state index contributed by atoms with van der Waals surface area (Å²) in [6.45, 7) is 0. The number of benzene rings is 2. The number of nitrogens with one attached hydrogen (secondary N) is 1. The predicted octanol–water partition coefficient (Wildman–Crippen LogP) is 4.41. The molecule has 6 heteroatoms. The molecule has 0 aliphatic carbocycles. The van der Waals surface area contributed by atoms with Crippen molar-refractivity contribution in [2.24, 2.45) is 0 Å². The summed E-state index contributed by atoms with van der Waals surface area (Å²) in [7, 11) is -3.61. The van der Waals surface area contributed by atoms with Gasteiger partial charge in [-0.05, 0) is 29.8 Å². The summed E-state index contributed by atoms with van der Waals surface area (Å²) in [5, 5.41) is 1.82. The van der Waals surface area contributed by atoms with Crippen LogP contribution in [-0.2, 0) is 10.0 Å². The van der Waals surface area contributed by atoms with Crippen molar-refractivity contribution in [3.05, 3.63) is 69.5 Å². The Morgan fingerprint density at radius 1 is 0.950 bits per heavy atom. The second kappa shape index (κ2) is 6.31. The molecule has 0 unspecified atom stereocenters. The van der Waals surface area contributed by atoms with E-state index in [0.29, 0.717) is 15.7 Å². The Balaban J connectivity index is 2.17. The molecular weight excluding hydrogens is 317 g/mol. The minimum absolute atomic E-state index is 0.320. The molecule has 0 amide bonds. The number of sulfonamides is 1. The summed E-state index contributed by atoms with van der Waals surface area (Å²) >= 11 is 11.6. The van der Waals surface area contributed by atoms with E-state index in [1.807, 2.05) is 30.3 Å². The van der Waals surface area contributed by atoms with Gasteiger partial charge >= 0.3 is 0 Å². The van der Waals surface area contributed by atoms with E-state index in [1.165, 1.54) is 24.3 Å². The van der Waals surface area contributed by atoms with Crippen LogP contribution >= 0.6 is 23.2 Å². The van der Waals surface area contributed by atoms with Crippen LogP contribution in [0.5, 0.6) is 0 Å². The third kappa shape index (κ3) is 4.56. The smallest absolute Gasteiger partial charge is 0.255 e. The molecule has 0 radical (unpaired) electrons. The predicted molar refractivity (Wildman–Crippen MR) is 84.5 cm³/mol. The fourth-order valence-corrected chi connectivity index (χ4v) is 2.92. The lowest BCUT2D eigenvalue weighted by Crippen LogP contribution is -2.08. The van der Waals surface area contributed by atoms with Gasteiger partial charge in [-0.1, -0.05) is 53.5 Å². The van der Waals surface area contributed by atoms with E-state index in [-0.39, 0.29) is 0 Å². The summed E-state index contributed by atoms with van der Waals surface area (Å²) in [5.41, 5.74) is 1.11. The molecule has 0 bridgehead atoms. The molecule has 2 aromatic rings. The van der Waals surface area contributed by atoms with Crippen LogP contribution in [0.25, 0.3) is 6.08 Å². The molecule has 0 fully saturated rings. The molecule has 1 N–H and O–H groups in total. The molecule has 20 heavy (non-hydrogen) atoms. The maximum atomic E-state index is 11.9. The third-order valence-corrected chi connectivity index (χ3v) is 3.81. The average Bonchev–Trinajstić information content (AvgIpc) is 2.36. The number of anilines is 1. The molecule has 0 saturated carbocycles. The number of hydrogen-bond donors (Lipinski definition) is 1. The zero-order chi connectivity index (χ0) is 14.6. The highest BCUT2D eigenvalue weighted by Gasteiger charge is 2.07. The van der Waals surface area contributed by atoms with Gasteiger partial charge in [-0.3, -0.25) is 4.72 Å². The van der Waals surface area contributed by atoms with Crippen LogP contribution in [0.2, 0.25) is 10.0 Å². The molecule has 0 aliphatic rings. The molecule has 0 aliphatic heterocycles. The van der Waals surface area contributed by atoms with Gasteiger partial charge < -0.3 is 0 Å². The lowest BCUT2D eigenvalue weighted by atomic mass is 10.2. The van der Waals surface area contributed by atoms with Crippen molar-refractivity contribution < 1.29 is 8.42 Å². The van der Waals surface area contributed by atoms with Crippen LogP contribution in [0.4, 0.5) is 5.69 Å². The number of hydrogen-bond acceptors (Lipinski definition) is 2. The van der Waals surface area contributed by atoms with Crippen molar-refractivity contribution >= 4 is 45.0 Å². The standard InChI is InChI=1S/C14H11Cl2NO2S/c15-12-8-13(16)10-14(9-12)17-20(18,19)7-6-11-4-2-1-3-5-11/h1-10,17H. The molecule has 2 rings (SSSR count). The van der Waals surface area contributed by atoms with Crippen molar-refractivity contribution in [3.8, 4) is 0 Å². The van der Waals surface area contributed by atoms with E-state index >= 15 is 0 Å². The molecule has 3 nitrogen and oxygen atoms in total. The monoisotopic (exact) mass is 327 g/mol. The fraction of sp³-hybridized carbons (Fsp3) is 0. The first-order chi connectivity index (χ1) is 9.44. The van der Waals surface area contributed by atoms with Crippen LogP contribution < -0.4 is 4.72 Å². The summed E-state index contributed by atoms with van der Waals surface area (Å²) in [6, 6.07) is 13.6. The largest absolute Gasteiger partial charge is 0.280 e. The van der Waals surface area contributed by atoms with Crippen LogP contribution in [-0.4, -0.2) is 8.42 Å². The quantitative estimate of drug-likeness (QED) is 0.904.